The van der Waals surface area contributed by atoms with Crippen LogP contribution in [0.2, 0.25) is 0 Å². The van der Waals surface area contributed by atoms with E-state index in [4.69, 9.17) is 0 Å². The van der Waals surface area contributed by atoms with Gasteiger partial charge in [-0.25, -0.2) is 26.3 Å². The molecule has 1 saturated carbocycles. The molecule has 2 aromatic heterocycles. The normalized spacial score (nSPS) is 21.7. The number of nitrogens with zero attached hydrogens (tertiary/aromatic N) is 5. The van der Waals surface area contributed by atoms with E-state index in [0.717, 1.165) is 23.9 Å². The summed E-state index contributed by atoms with van der Waals surface area (Å²) in [5.41, 5.74) is 0.856. The van der Waals surface area contributed by atoms with Gasteiger partial charge in [0.15, 0.2) is 5.69 Å². The van der Waals surface area contributed by atoms with Crippen LogP contribution in [-0.2, 0) is 29.7 Å². The van der Waals surface area contributed by atoms with Crippen molar-refractivity contribution in [2.75, 3.05) is 13.1 Å². The number of aliphatic hydroxyl groups excluding tert-OH is 1. The van der Waals surface area contributed by atoms with Gasteiger partial charge in [-0.05, 0) is 66.5 Å². The summed E-state index contributed by atoms with van der Waals surface area (Å²) in [5.74, 6) is -0.869. The van der Waals surface area contributed by atoms with E-state index in [1.165, 1.54) is 12.1 Å². The zero-order chi connectivity index (χ0) is 29.9. The topological polar surface area (TPSA) is 93.3 Å². The van der Waals surface area contributed by atoms with Crippen molar-refractivity contribution in [2.45, 2.75) is 49.8 Å². The van der Waals surface area contributed by atoms with E-state index in [0.29, 0.717) is 40.1 Å². The van der Waals surface area contributed by atoms with E-state index in [1.54, 1.807) is 23.0 Å². The van der Waals surface area contributed by atoms with Gasteiger partial charge in [0.05, 0.1) is 17.6 Å². The Morgan fingerprint density at radius 3 is 2.54 bits per heavy atom. The Morgan fingerprint density at radius 1 is 1.22 bits per heavy atom. The maximum absolute atomic E-state index is 13.7. The molecule has 3 aromatic rings. The number of hydrogen-bond acceptors (Lipinski definition) is 5. The van der Waals surface area contributed by atoms with Crippen LogP contribution in [0.25, 0.3) is 11.8 Å². The second-order valence-corrected chi connectivity index (χ2v) is 12.6. The van der Waals surface area contributed by atoms with Crippen molar-refractivity contribution in [3.63, 3.8) is 0 Å². The molecule has 3 atom stereocenters. The summed E-state index contributed by atoms with van der Waals surface area (Å²) in [6.07, 6.45) is -5.22. The van der Waals surface area contributed by atoms with E-state index >= 15 is 0 Å². The van der Waals surface area contributed by atoms with Crippen LogP contribution >= 0.6 is 0 Å². The molecule has 222 valence electrons. The third kappa shape index (κ3) is 5.30. The van der Waals surface area contributed by atoms with Gasteiger partial charge >= 0.3 is 6.18 Å². The quantitative estimate of drug-likeness (QED) is 0.385. The number of fused-ring (bicyclic) bond motifs is 2. The molecule has 0 saturated heterocycles. The van der Waals surface area contributed by atoms with Crippen molar-refractivity contribution < 1.29 is 39.9 Å². The molecule has 0 aliphatic heterocycles. The van der Waals surface area contributed by atoms with Crippen LogP contribution in [0.3, 0.4) is 0 Å². The number of sulfonamides is 1. The van der Waals surface area contributed by atoms with Gasteiger partial charge in [-0.1, -0.05) is 12.5 Å². The third-order valence-electron chi connectivity index (χ3n) is 8.01. The first kappa shape index (κ1) is 29.3. The highest BCUT2D eigenvalue weighted by Crippen LogP contribution is 2.53. The second-order valence-electron chi connectivity index (χ2n) is 10.7. The lowest BCUT2D eigenvalue weighted by Gasteiger charge is -2.38. The molecular formula is C26H27F6N5O3S. The van der Waals surface area contributed by atoms with Crippen LogP contribution in [0.4, 0.5) is 26.3 Å². The Labute approximate surface area is 231 Å². The van der Waals surface area contributed by atoms with Gasteiger partial charge in [0.25, 0.3) is 6.43 Å². The number of benzene rings is 1. The van der Waals surface area contributed by atoms with Gasteiger partial charge in [-0.2, -0.15) is 27.7 Å². The number of hydrogen-bond donors (Lipinski definition) is 1. The molecule has 15 heteroatoms. The lowest BCUT2D eigenvalue weighted by molar-refractivity contribution is -0.143. The molecular weight excluding hydrogens is 576 g/mol. The molecule has 0 bridgehead atoms. The summed E-state index contributed by atoms with van der Waals surface area (Å²) in [5, 5.41) is 17.6. The number of aryl methyl sites for hydroxylation is 1. The summed E-state index contributed by atoms with van der Waals surface area (Å²) in [7, 11) is -3.88. The molecule has 1 aromatic carbocycles. The molecule has 0 radical (unpaired) electrons. The Kier molecular flexibility index (Phi) is 7.35. The lowest BCUT2D eigenvalue weighted by Crippen LogP contribution is -2.45. The van der Waals surface area contributed by atoms with Crippen molar-refractivity contribution in [1.82, 2.24) is 23.9 Å². The molecule has 41 heavy (non-hydrogen) atoms. The highest BCUT2D eigenvalue weighted by Gasteiger charge is 2.49. The monoisotopic (exact) mass is 603 g/mol. The van der Waals surface area contributed by atoms with E-state index in [1.807, 2.05) is 13.0 Å². The fourth-order valence-electron chi connectivity index (χ4n) is 5.81. The Morgan fingerprint density at radius 2 is 1.90 bits per heavy atom. The van der Waals surface area contributed by atoms with Gasteiger partial charge < -0.3 is 5.11 Å². The van der Waals surface area contributed by atoms with Crippen molar-refractivity contribution in [2.24, 2.45) is 18.4 Å². The van der Waals surface area contributed by atoms with Crippen LogP contribution in [0.5, 0.6) is 0 Å². The summed E-state index contributed by atoms with van der Waals surface area (Å²) in [4.78, 5) is -1.17. The van der Waals surface area contributed by atoms with Crippen molar-refractivity contribution >= 4 is 16.1 Å². The maximum Gasteiger partial charge on any atom is 0.436 e. The van der Waals surface area contributed by atoms with E-state index < -0.39 is 69.6 Å². The Bertz CT molecular complexity index is 1580. The van der Waals surface area contributed by atoms with Gasteiger partial charge in [-0.15, -0.1) is 0 Å². The van der Waals surface area contributed by atoms with Gasteiger partial charge in [0.2, 0.25) is 10.0 Å². The van der Waals surface area contributed by atoms with Crippen molar-refractivity contribution in [1.29, 1.82) is 0 Å². The van der Waals surface area contributed by atoms with E-state index in [2.05, 4.69) is 10.2 Å². The van der Waals surface area contributed by atoms with Crippen LogP contribution in [0.1, 0.15) is 36.7 Å². The van der Waals surface area contributed by atoms with Gasteiger partial charge in [0.1, 0.15) is 16.8 Å². The third-order valence-corrected chi connectivity index (χ3v) is 9.84. The SMILES string of the molecule is Cn1cc(S(=O)(=O)N(CC(O)C(F)F)C[C@H]2CCC3=Cc4c(cnn4-c4ccc(F)cc4)C[C@@]32C)c(C(F)(F)F)n1. The van der Waals surface area contributed by atoms with E-state index in [-0.39, 0.29) is 0 Å². The minimum Gasteiger partial charge on any atom is -0.386 e. The molecule has 1 fully saturated rings. The molecule has 1 N–H and O–H groups in total. The fourth-order valence-corrected chi connectivity index (χ4v) is 7.50. The summed E-state index contributed by atoms with van der Waals surface area (Å²) in [6.45, 7) is 0.410. The first-order valence-electron chi connectivity index (χ1n) is 12.7. The molecule has 8 nitrogen and oxygen atoms in total. The minimum atomic E-state index is -5.11. The smallest absolute Gasteiger partial charge is 0.386 e. The second kappa shape index (κ2) is 10.3. The number of halogens is 6. The number of aromatic nitrogens is 4. The first-order valence-corrected chi connectivity index (χ1v) is 14.2. The zero-order valence-electron chi connectivity index (χ0n) is 22.0. The van der Waals surface area contributed by atoms with Crippen LogP contribution < -0.4 is 0 Å². The zero-order valence-corrected chi connectivity index (χ0v) is 22.8. The molecule has 2 aliphatic carbocycles. The summed E-state index contributed by atoms with van der Waals surface area (Å²) < 4.78 is 111. The number of aliphatic hydroxyl groups is 1. The summed E-state index contributed by atoms with van der Waals surface area (Å²) in [6, 6.07) is 5.78. The van der Waals surface area contributed by atoms with Gasteiger partial charge in [-0.3, -0.25) is 4.68 Å². The fraction of sp³-hybridized carbons (Fsp3) is 0.462. The average Bonchev–Trinajstić information content (AvgIpc) is 3.57. The first-order chi connectivity index (χ1) is 19.1. The average molecular weight is 604 g/mol. The van der Waals surface area contributed by atoms with E-state index in [9.17, 15) is 39.9 Å². The highest BCUT2D eigenvalue weighted by molar-refractivity contribution is 7.89. The molecule has 1 unspecified atom stereocenters. The Balaban J connectivity index is 1.49. The molecule has 5 rings (SSSR count). The highest BCUT2D eigenvalue weighted by atomic mass is 32.2. The number of allylic oxidation sites excluding steroid dienone is 1. The molecule has 2 aliphatic rings. The largest absolute Gasteiger partial charge is 0.436 e. The van der Waals surface area contributed by atoms with Crippen molar-refractivity contribution in [3.8, 4) is 5.69 Å². The number of rotatable bonds is 8. The minimum absolute atomic E-state index is 0.395. The predicted octanol–water partition coefficient (Wildman–Crippen LogP) is 4.44. The Hall–Kier alpha value is -3.17. The predicted molar refractivity (Wildman–Crippen MR) is 135 cm³/mol. The van der Waals surface area contributed by atoms with Crippen LogP contribution in [0, 0.1) is 17.2 Å². The molecule has 0 amide bonds. The van der Waals surface area contributed by atoms with Crippen LogP contribution in [0.15, 0.2) is 47.1 Å². The van der Waals surface area contributed by atoms with Gasteiger partial charge in [0, 0.05) is 26.3 Å². The molecule has 0 spiro atoms. The maximum atomic E-state index is 13.7. The van der Waals surface area contributed by atoms with Crippen molar-refractivity contribution in [3.05, 3.63) is 65.0 Å². The summed E-state index contributed by atoms with van der Waals surface area (Å²) >= 11 is 0. The van der Waals surface area contributed by atoms with Crippen LogP contribution in [-0.4, -0.2) is 63.0 Å². The lowest BCUT2D eigenvalue weighted by atomic mass is 9.70. The number of alkyl halides is 5. The molecule has 2 heterocycles. The standard InChI is InChI=1S/C26H27F6N5O3S/c1-25-10-15-11-33-37(19-7-5-18(27)6-8-19)20(15)9-16(25)3-4-17(25)12-36(13-21(38)24(28)29)41(39,40)22-14-35(2)34-23(22)26(30,31)32/h5-9,11,14,17,21,24,38H,3-4,10,12-13H2,1-2H3/t17-,21?,25+/m1/s1.